The molecule has 0 aromatic heterocycles. The van der Waals surface area contributed by atoms with E-state index in [1.165, 1.54) is 56.9 Å². The molecule has 2 saturated carbocycles. The molecule has 0 spiro atoms. The summed E-state index contributed by atoms with van der Waals surface area (Å²) in [6.45, 7) is 0.922. The Kier molecular flexibility index (Phi) is 6.30. The van der Waals surface area contributed by atoms with Crippen molar-refractivity contribution in [2.24, 2.45) is 5.92 Å². The summed E-state index contributed by atoms with van der Waals surface area (Å²) in [7, 11) is 2.23. The van der Waals surface area contributed by atoms with E-state index in [1.807, 2.05) is 6.07 Å². The van der Waals surface area contributed by atoms with Crippen LogP contribution in [-0.2, 0) is 11.3 Å². The molecule has 1 aromatic rings. The molecule has 1 amide bonds. The van der Waals surface area contributed by atoms with Crippen LogP contribution in [0, 0.1) is 5.92 Å². The topological polar surface area (TPSA) is 32.3 Å². The van der Waals surface area contributed by atoms with Gasteiger partial charge in [0.25, 0.3) is 0 Å². The third-order valence-corrected chi connectivity index (χ3v) is 5.87. The molecule has 0 bridgehead atoms. The Labute approximate surface area is 146 Å². The second kappa shape index (κ2) is 8.66. The first-order chi connectivity index (χ1) is 11.7. The molecule has 0 atom stereocenters. The third-order valence-electron chi connectivity index (χ3n) is 5.87. The van der Waals surface area contributed by atoms with Crippen molar-refractivity contribution in [2.45, 2.75) is 76.8 Å². The molecule has 2 aliphatic carbocycles. The number of hydrogen-bond acceptors (Lipinski definition) is 2. The van der Waals surface area contributed by atoms with Gasteiger partial charge >= 0.3 is 0 Å². The lowest BCUT2D eigenvalue weighted by atomic mass is 9.88. The maximum atomic E-state index is 12.6. The Morgan fingerprint density at radius 2 is 1.62 bits per heavy atom. The molecule has 24 heavy (non-hydrogen) atoms. The zero-order chi connectivity index (χ0) is 16.8. The quantitative estimate of drug-likeness (QED) is 0.827. The van der Waals surface area contributed by atoms with E-state index >= 15 is 0 Å². The van der Waals surface area contributed by atoms with Gasteiger partial charge in [0, 0.05) is 24.2 Å². The molecular formula is C21H32N2O. The summed E-state index contributed by atoms with van der Waals surface area (Å²) < 4.78 is 0. The highest BCUT2D eigenvalue weighted by Crippen LogP contribution is 2.27. The molecule has 3 nitrogen and oxygen atoms in total. The predicted octanol–water partition coefficient (Wildman–Crippen LogP) is 4.97. The number of rotatable bonds is 5. The number of carbonyl (C=O) groups excluding carboxylic acids is 1. The fourth-order valence-corrected chi connectivity index (χ4v) is 4.30. The summed E-state index contributed by atoms with van der Waals surface area (Å²) in [6.07, 6.45) is 12.5. The number of nitrogens with zero attached hydrogens (tertiary/aromatic N) is 1. The summed E-state index contributed by atoms with van der Waals surface area (Å²) in [5, 5.41) is 3.22. The number of anilines is 1. The zero-order valence-electron chi connectivity index (χ0n) is 15.1. The summed E-state index contributed by atoms with van der Waals surface area (Å²) in [4.78, 5) is 15.1. The number of benzene rings is 1. The molecule has 3 rings (SSSR count). The SMILES string of the molecule is CN(Cc1ccccc1NC(=O)C1CCCCC1)C1CCCCC1. The summed E-state index contributed by atoms with van der Waals surface area (Å²) in [5.41, 5.74) is 2.26. The highest BCUT2D eigenvalue weighted by molar-refractivity contribution is 5.93. The minimum atomic E-state index is 0.211. The van der Waals surface area contributed by atoms with Crippen molar-refractivity contribution in [3.05, 3.63) is 29.8 Å². The van der Waals surface area contributed by atoms with Crippen molar-refractivity contribution in [3.63, 3.8) is 0 Å². The van der Waals surface area contributed by atoms with Crippen LogP contribution in [0.2, 0.25) is 0 Å². The average molecular weight is 329 g/mol. The van der Waals surface area contributed by atoms with Crippen molar-refractivity contribution in [3.8, 4) is 0 Å². The molecule has 0 aliphatic heterocycles. The van der Waals surface area contributed by atoms with Crippen LogP contribution in [0.1, 0.15) is 69.8 Å². The molecular weight excluding hydrogens is 296 g/mol. The first kappa shape index (κ1) is 17.5. The minimum absolute atomic E-state index is 0.211. The molecule has 132 valence electrons. The summed E-state index contributed by atoms with van der Waals surface area (Å²) >= 11 is 0. The van der Waals surface area contributed by atoms with E-state index in [0.29, 0.717) is 6.04 Å². The lowest BCUT2D eigenvalue weighted by Crippen LogP contribution is -2.33. The zero-order valence-corrected chi connectivity index (χ0v) is 15.1. The molecule has 0 radical (unpaired) electrons. The first-order valence-electron chi connectivity index (χ1n) is 9.83. The van der Waals surface area contributed by atoms with Crippen LogP contribution in [0.15, 0.2) is 24.3 Å². The van der Waals surface area contributed by atoms with E-state index in [2.05, 4.69) is 35.5 Å². The van der Waals surface area contributed by atoms with E-state index in [-0.39, 0.29) is 11.8 Å². The van der Waals surface area contributed by atoms with Crippen molar-refractivity contribution in [1.82, 2.24) is 4.90 Å². The van der Waals surface area contributed by atoms with Crippen LogP contribution < -0.4 is 5.32 Å². The summed E-state index contributed by atoms with van der Waals surface area (Å²) in [6, 6.07) is 9.03. The van der Waals surface area contributed by atoms with Crippen LogP contribution in [0.25, 0.3) is 0 Å². The molecule has 0 heterocycles. The Morgan fingerprint density at radius 3 is 2.33 bits per heavy atom. The van der Waals surface area contributed by atoms with Crippen molar-refractivity contribution in [2.75, 3.05) is 12.4 Å². The highest BCUT2D eigenvalue weighted by Gasteiger charge is 2.23. The van der Waals surface area contributed by atoms with Crippen LogP contribution in [0.4, 0.5) is 5.69 Å². The average Bonchev–Trinajstić information content (AvgIpc) is 2.64. The van der Waals surface area contributed by atoms with Gasteiger partial charge in [-0.2, -0.15) is 0 Å². The first-order valence-corrected chi connectivity index (χ1v) is 9.83. The molecule has 0 saturated heterocycles. The van der Waals surface area contributed by atoms with Gasteiger partial charge in [-0.1, -0.05) is 56.7 Å². The van der Waals surface area contributed by atoms with Gasteiger partial charge in [-0.05, 0) is 44.4 Å². The van der Waals surface area contributed by atoms with Crippen molar-refractivity contribution < 1.29 is 4.79 Å². The third kappa shape index (κ3) is 4.60. The fraction of sp³-hybridized carbons (Fsp3) is 0.667. The Morgan fingerprint density at radius 1 is 1.00 bits per heavy atom. The van der Waals surface area contributed by atoms with E-state index in [9.17, 15) is 4.79 Å². The van der Waals surface area contributed by atoms with Crippen molar-refractivity contribution in [1.29, 1.82) is 0 Å². The Hall–Kier alpha value is -1.35. The van der Waals surface area contributed by atoms with E-state index in [4.69, 9.17) is 0 Å². The number of carbonyl (C=O) groups is 1. The highest BCUT2D eigenvalue weighted by atomic mass is 16.1. The minimum Gasteiger partial charge on any atom is -0.326 e. The van der Waals surface area contributed by atoms with Gasteiger partial charge in [-0.25, -0.2) is 0 Å². The lowest BCUT2D eigenvalue weighted by molar-refractivity contribution is -0.120. The molecule has 1 N–H and O–H groups in total. The molecule has 2 aliphatic rings. The van der Waals surface area contributed by atoms with Gasteiger partial charge in [0.1, 0.15) is 0 Å². The molecule has 0 unspecified atom stereocenters. The maximum Gasteiger partial charge on any atom is 0.227 e. The van der Waals surface area contributed by atoms with Crippen LogP contribution in [0.5, 0.6) is 0 Å². The van der Waals surface area contributed by atoms with Crippen LogP contribution >= 0.6 is 0 Å². The van der Waals surface area contributed by atoms with Gasteiger partial charge in [0.05, 0.1) is 0 Å². The van der Waals surface area contributed by atoms with E-state index in [1.54, 1.807) is 0 Å². The Balaban J connectivity index is 1.62. The second-order valence-corrected chi connectivity index (χ2v) is 7.69. The largest absolute Gasteiger partial charge is 0.326 e. The lowest BCUT2D eigenvalue weighted by Gasteiger charge is -2.31. The van der Waals surface area contributed by atoms with Gasteiger partial charge in [-0.3, -0.25) is 9.69 Å². The van der Waals surface area contributed by atoms with Gasteiger partial charge < -0.3 is 5.32 Å². The number of amides is 1. The monoisotopic (exact) mass is 328 g/mol. The van der Waals surface area contributed by atoms with Crippen molar-refractivity contribution >= 4 is 11.6 Å². The smallest absolute Gasteiger partial charge is 0.227 e. The van der Waals surface area contributed by atoms with E-state index in [0.717, 1.165) is 25.1 Å². The normalized spacial score (nSPS) is 20.2. The predicted molar refractivity (Wildman–Crippen MR) is 100.0 cm³/mol. The fourth-order valence-electron chi connectivity index (χ4n) is 4.30. The molecule has 3 heteroatoms. The number of para-hydroxylation sites is 1. The van der Waals surface area contributed by atoms with Gasteiger partial charge in [-0.15, -0.1) is 0 Å². The molecule has 2 fully saturated rings. The van der Waals surface area contributed by atoms with Crippen LogP contribution in [0.3, 0.4) is 0 Å². The van der Waals surface area contributed by atoms with Gasteiger partial charge in [0.2, 0.25) is 5.91 Å². The molecule has 1 aromatic carbocycles. The Bertz CT molecular complexity index is 530. The second-order valence-electron chi connectivity index (χ2n) is 7.69. The number of hydrogen-bond donors (Lipinski definition) is 1. The van der Waals surface area contributed by atoms with Gasteiger partial charge in [0.15, 0.2) is 0 Å². The number of nitrogens with one attached hydrogen (secondary N) is 1. The standard InChI is InChI=1S/C21H32N2O/c1-23(19-13-6-3-7-14-19)16-18-12-8-9-15-20(18)22-21(24)17-10-4-2-5-11-17/h8-9,12,15,17,19H,2-7,10-11,13-14,16H2,1H3,(H,22,24). The van der Waals surface area contributed by atoms with E-state index < -0.39 is 0 Å². The summed E-state index contributed by atoms with van der Waals surface area (Å²) in [5.74, 6) is 0.436. The maximum absolute atomic E-state index is 12.6. The van der Waals surface area contributed by atoms with Crippen LogP contribution in [-0.4, -0.2) is 23.9 Å².